The summed E-state index contributed by atoms with van der Waals surface area (Å²) in [5.74, 6) is 1.44. The molecule has 0 radical (unpaired) electrons. The van der Waals surface area contributed by atoms with Gasteiger partial charge in [0.25, 0.3) is 0 Å². The highest BCUT2D eigenvalue weighted by molar-refractivity contribution is 6.30. The Hall–Kier alpha value is -0.930. The molecule has 1 aromatic rings. The van der Waals surface area contributed by atoms with Crippen molar-refractivity contribution in [3.8, 4) is 11.5 Å². The zero-order valence-corrected chi connectivity index (χ0v) is 7.97. The Bertz CT molecular complexity index is 316. The van der Waals surface area contributed by atoms with E-state index in [1.165, 1.54) is 0 Å². The lowest BCUT2D eigenvalue weighted by atomic mass is 10.3. The maximum atomic E-state index is 5.80. The summed E-state index contributed by atoms with van der Waals surface area (Å²) >= 11 is 5.80. The van der Waals surface area contributed by atoms with Crippen LogP contribution < -0.4 is 14.8 Å². The van der Waals surface area contributed by atoms with Crippen LogP contribution >= 0.6 is 11.6 Å². The summed E-state index contributed by atoms with van der Waals surface area (Å²) < 4.78 is 11.0. The zero-order valence-electron chi connectivity index (χ0n) is 7.21. The maximum Gasteiger partial charge on any atom is 0.184 e. The molecule has 1 atom stereocenters. The highest BCUT2D eigenvalue weighted by Gasteiger charge is 2.18. The number of benzene rings is 1. The van der Waals surface area contributed by atoms with Crippen molar-refractivity contribution in [3.63, 3.8) is 0 Å². The van der Waals surface area contributed by atoms with E-state index in [2.05, 4.69) is 5.32 Å². The predicted molar refractivity (Wildman–Crippen MR) is 50.4 cm³/mol. The van der Waals surface area contributed by atoms with Gasteiger partial charge in [-0.2, -0.15) is 0 Å². The molecule has 1 aliphatic heterocycles. The van der Waals surface area contributed by atoms with Crippen molar-refractivity contribution in [1.82, 2.24) is 5.32 Å². The minimum atomic E-state index is -0.0753. The lowest BCUT2D eigenvalue weighted by molar-refractivity contribution is 0.0726. The van der Waals surface area contributed by atoms with Crippen LogP contribution in [0.25, 0.3) is 0 Å². The summed E-state index contributed by atoms with van der Waals surface area (Å²) in [5.41, 5.74) is 0. The molecule has 13 heavy (non-hydrogen) atoms. The molecule has 0 aliphatic carbocycles. The number of ether oxygens (including phenoxy) is 2. The third kappa shape index (κ3) is 1.71. The molecular weight excluding hydrogens is 190 g/mol. The fourth-order valence-corrected chi connectivity index (χ4v) is 1.35. The molecule has 0 fully saturated rings. The van der Waals surface area contributed by atoms with Crippen LogP contribution in [0.2, 0.25) is 5.02 Å². The second-order valence-electron chi connectivity index (χ2n) is 2.80. The first-order valence-corrected chi connectivity index (χ1v) is 4.43. The van der Waals surface area contributed by atoms with Gasteiger partial charge in [-0.25, -0.2) is 0 Å². The standard InChI is InChI=1S/C9H10ClNO2/c1-11-9-5-12-8-4-6(10)2-3-7(8)13-9/h2-4,9,11H,5H2,1H3/t9-/m1/s1. The summed E-state index contributed by atoms with van der Waals surface area (Å²) in [6.07, 6.45) is -0.0753. The van der Waals surface area contributed by atoms with Crippen LogP contribution in [-0.4, -0.2) is 19.9 Å². The van der Waals surface area contributed by atoms with Gasteiger partial charge in [0.2, 0.25) is 0 Å². The summed E-state index contributed by atoms with van der Waals surface area (Å²) in [6, 6.07) is 5.34. The number of halogens is 1. The minimum absolute atomic E-state index is 0.0753. The third-order valence-corrected chi connectivity index (χ3v) is 2.12. The van der Waals surface area contributed by atoms with Crippen molar-refractivity contribution in [1.29, 1.82) is 0 Å². The van der Waals surface area contributed by atoms with Gasteiger partial charge in [-0.05, 0) is 19.2 Å². The van der Waals surface area contributed by atoms with E-state index in [0.29, 0.717) is 17.4 Å². The smallest absolute Gasteiger partial charge is 0.184 e. The Morgan fingerprint density at radius 1 is 1.46 bits per heavy atom. The number of hydrogen-bond acceptors (Lipinski definition) is 3. The summed E-state index contributed by atoms with van der Waals surface area (Å²) in [7, 11) is 1.83. The highest BCUT2D eigenvalue weighted by Crippen LogP contribution is 2.33. The van der Waals surface area contributed by atoms with Gasteiger partial charge in [0.05, 0.1) is 0 Å². The van der Waals surface area contributed by atoms with Gasteiger partial charge < -0.3 is 9.47 Å². The lowest BCUT2D eigenvalue weighted by Crippen LogP contribution is -2.39. The molecule has 0 amide bonds. The molecular formula is C9H10ClNO2. The average molecular weight is 200 g/mol. The molecule has 1 aromatic carbocycles. The second-order valence-corrected chi connectivity index (χ2v) is 3.23. The molecule has 70 valence electrons. The van der Waals surface area contributed by atoms with E-state index < -0.39 is 0 Å². The largest absolute Gasteiger partial charge is 0.484 e. The summed E-state index contributed by atoms with van der Waals surface area (Å²) in [4.78, 5) is 0. The molecule has 0 spiro atoms. The van der Waals surface area contributed by atoms with Gasteiger partial charge in [0, 0.05) is 11.1 Å². The molecule has 3 nitrogen and oxygen atoms in total. The van der Waals surface area contributed by atoms with Crippen molar-refractivity contribution in [3.05, 3.63) is 23.2 Å². The van der Waals surface area contributed by atoms with E-state index in [1.54, 1.807) is 18.2 Å². The van der Waals surface area contributed by atoms with Gasteiger partial charge in [-0.15, -0.1) is 0 Å². The van der Waals surface area contributed by atoms with Crippen molar-refractivity contribution in [2.24, 2.45) is 0 Å². The Balaban J connectivity index is 2.26. The zero-order chi connectivity index (χ0) is 9.26. The van der Waals surface area contributed by atoms with Gasteiger partial charge in [0.15, 0.2) is 17.7 Å². The predicted octanol–water partition coefficient (Wildman–Crippen LogP) is 1.66. The molecule has 1 aliphatic rings. The van der Waals surface area contributed by atoms with Crippen molar-refractivity contribution in [2.75, 3.05) is 13.7 Å². The van der Waals surface area contributed by atoms with Crippen molar-refractivity contribution < 1.29 is 9.47 Å². The third-order valence-electron chi connectivity index (χ3n) is 1.89. The van der Waals surface area contributed by atoms with Gasteiger partial charge >= 0.3 is 0 Å². The molecule has 0 aromatic heterocycles. The quantitative estimate of drug-likeness (QED) is 0.746. The first-order valence-electron chi connectivity index (χ1n) is 4.06. The molecule has 4 heteroatoms. The van der Waals surface area contributed by atoms with Crippen LogP contribution in [0.3, 0.4) is 0 Å². The van der Waals surface area contributed by atoms with E-state index >= 15 is 0 Å². The molecule has 1 N–H and O–H groups in total. The molecule has 0 saturated heterocycles. The Morgan fingerprint density at radius 3 is 3.08 bits per heavy atom. The Morgan fingerprint density at radius 2 is 2.31 bits per heavy atom. The number of fused-ring (bicyclic) bond motifs is 1. The van der Waals surface area contributed by atoms with Crippen LogP contribution in [0.5, 0.6) is 11.5 Å². The summed E-state index contributed by atoms with van der Waals surface area (Å²) in [6.45, 7) is 0.504. The van der Waals surface area contributed by atoms with Gasteiger partial charge in [-0.3, -0.25) is 5.32 Å². The minimum Gasteiger partial charge on any atom is -0.484 e. The lowest BCUT2D eigenvalue weighted by Gasteiger charge is -2.25. The normalized spacial score (nSPS) is 20.0. The molecule has 0 saturated carbocycles. The SMILES string of the molecule is CN[C@H]1COc2cc(Cl)ccc2O1. The van der Waals surface area contributed by atoms with Gasteiger partial charge in [-0.1, -0.05) is 11.6 Å². The fraction of sp³-hybridized carbons (Fsp3) is 0.333. The Kier molecular flexibility index (Phi) is 2.29. The number of nitrogens with one attached hydrogen (secondary N) is 1. The first-order chi connectivity index (χ1) is 6.29. The van der Waals surface area contributed by atoms with E-state index in [0.717, 1.165) is 5.75 Å². The molecule has 1 heterocycles. The van der Waals surface area contributed by atoms with E-state index in [4.69, 9.17) is 21.1 Å². The van der Waals surface area contributed by atoms with Crippen molar-refractivity contribution in [2.45, 2.75) is 6.23 Å². The topological polar surface area (TPSA) is 30.5 Å². The maximum absolute atomic E-state index is 5.80. The van der Waals surface area contributed by atoms with E-state index in [9.17, 15) is 0 Å². The monoisotopic (exact) mass is 199 g/mol. The molecule has 0 bridgehead atoms. The molecule has 2 rings (SSSR count). The first kappa shape index (κ1) is 8.66. The second kappa shape index (κ2) is 3.44. The van der Waals surface area contributed by atoms with Gasteiger partial charge in [0.1, 0.15) is 6.61 Å². The van der Waals surface area contributed by atoms with Crippen LogP contribution in [0.15, 0.2) is 18.2 Å². The average Bonchev–Trinajstić information content (AvgIpc) is 2.17. The number of likely N-dealkylation sites (N-methyl/N-ethyl adjacent to an activating group) is 1. The van der Waals surface area contributed by atoms with Crippen molar-refractivity contribution >= 4 is 11.6 Å². The van der Waals surface area contributed by atoms with Crippen LogP contribution in [-0.2, 0) is 0 Å². The fourth-order valence-electron chi connectivity index (χ4n) is 1.19. The number of rotatable bonds is 1. The van der Waals surface area contributed by atoms with Crippen LogP contribution in [0, 0.1) is 0 Å². The Labute approximate surface area is 81.6 Å². The van der Waals surface area contributed by atoms with E-state index in [1.807, 2.05) is 7.05 Å². The van der Waals surface area contributed by atoms with E-state index in [-0.39, 0.29) is 6.23 Å². The highest BCUT2D eigenvalue weighted by atomic mass is 35.5. The number of hydrogen-bond donors (Lipinski definition) is 1. The summed E-state index contributed by atoms with van der Waals surface area (Å²) in [5, 5.41) is 3.64. The molecule has 0 unspecified atom stereocenters. The van der Waals surface area contributed by atoms with Crippen LogP contribution in [0.4, 0.5) is 0 Å². The van der Waals surface area contributed by atoms with Crippen LogP contribution in [0.1, 0.15) is 0 Å².